The molecular formula is C16H24N2O. The van der Waals surface area contributed by atoms with Gasteiger partial charge in [-0.2, -0.15) is 0 Å². The molecule has 0 radical (unpaired) electrons. The van der Waals surface area contributed by atoms with Crippen LogP contribution in [-0.4, -0.2) is 31.8 Å². The van der Waals surface area contributed by atoms with Crippen LogP contribution < -0.4 is 15.0 Å². The molecule has 1 aromatic rings. The van der Waals surface area contributed by atoms with Crippen LogP contribution in [0.3, 0.4) is 0 Å². The second-order valence-corrected chi connectivity index (χ2v) is 5.94. The van der Waals surface area contributed by atoms with E-state index in [1.54, 1.807) is 0 Å². The topological polar surface area (TPSA) is 24.5 Å². The molecule has 3 rings (SSSR count). The Labute approximate surface area is 115 Å². The first-order valence-electron chi connectivity index (χ1n) is 7.45. The van der Waals surface area contributed by atoms with Gasteiger partial charge in [0, 0.05) is 25.2 Å². The van der Waals surface area contributed by atoms with Gasteiger partial charge in [-0.05, 0) is 44.7 Å². The Morgan fingerprint density at radius 3 is 2.89 bits per heavy atom. The summed E-state index contributed by atoms with van der Waals surface area (Å²) in [5.41, 5.74) is 1.52. The highest BCUT2D eigenvalue weighted by Crippen LogP contribution is 2.42. The van der Waals surface area contributed by atoms with E-state index in [1.165, 1.54) is 18.5 Å². The SMILES string of the molecule is CCOc1ccccc1N1CCNC(C)(C2CC2)C1. The van der Waals surface area contributed by atoms with Gasteiger partial charge in [-0.1, -0.05) is 12.1 Å². The molecule has 1 N–H and O–H groups in total. The molecule has 0 bridgehead atoms. The molecule has 1 unspecified atom stereocenters. The van der Waals surface area contributed by atoms with Crippen LogP contribution in [0.25, 0.3) is 0 Å². The van der Waals surface area contributed by atoms with Crippen LogP contribution in [0, 0.1) is 5.92 Å². The molecular weight excluding hydrogens is 236 g/mol. The zero-order valence-electron chi connectivity index (χ0n) is 12.0. The predicted octanol–water partition coefficient (Wildman–Crippen LogP) is 2.66. The third kappa shape index (κ3) is 2.57. The number of nitrogens with one attached hydrogen (secondary N) is 1. The molecule has 0 amide bonds. The summed E-state index contributed by atoms with van der Waals surface area (Å²) in [4.78, 5) is 2.49. The largest absolute Gasteiger partial charge is 0.492 e. The van der Waals surface area contributed by atoms with Gasteiger partial charge in [0.15, 0.2) is 0 Å². The van der Waals surface area contributed by atoms with E-state index in [0.29, 0.717) is 0 Å². The van der Waals surface area contributed by atoms with E-state index in [4.69, 9.17) is 4.74 Å². The summed E-state index contributed by atoms with van der Waals surface area (Å²) < 4.78 is 5.77. The molecule has 1 saturated carbocycles. The van der Waals surface area contributed by atoms with E-state index in [2.05, 4.69) is 41.4 Å². The Balaban J connectivity index is 1.81. The summed E-state index contributed by atoms with van der Waals surface area (Å²) in [6.45, 7) is 8.35. The molecule has 1 aromatic carbocycles. The molecule has 2 aliphatic rings. The molecule has 3 heteroatoms. The lowest BCUT2D eigenvalue weighted by atomic mass is 9.92. The summed E-state index contributed by atoms with van der Waals surface area (Å²) in [5, 5.41) is 3.73. The van der Waals surface area contributed by atoms with Crippen molar-refractivity contribution in [1.82, 2.24) is 5.32 Å². The molecule has 1 saturated heterocycles. The highest BCUT2D eigenvalue weighted by Gasteiger charge is 2.44. The summed E-state index contributed by atoms with van der Waals surface area (Å²) in [7, 11) is 0. The lowest BCUT2D eigenvalue weighted by Gasteiger charge is -2.43. The number of rotatable bonds is 4. The maximum Gasteiger partial charge on any atom is 0.142 e. The summed E-state index contributed by atoms with van der Waals surface area (Å²) in [5.74, 6) is 1.87. The van der Waals surface area contributed by atoms with Crippen molar-refractivity contribution >= 4 is 5.69 Å². The van der Waals surface area contributed by atoms with Crippen molar-refractivity contribution in [2.45, 2.75) is 32.2 Å². The molecule has 1 heterocycles. The van der Waals surface area contributed by atoms with Crippen molar-refractivity contribution in [2.75, 3.05) is 31.1 Å². The van der Waals surface area contributed by atoms with Crippen LogP contribution >= 0.6 is 0 Å². The number of piperazine rings is 1. The number of hydrogen-bond acceptors (Lipinski definition) is 3. The highest BCUT2D eigenvalue weighted by molar-refractivity contribution is 5.59. The van der Waals surface area contributed by atoms with E-state index in [0.717, 1.165) is 37.9 Å². The van der Waals surface area contributed by atoms with Crippen LogP contribution in [0.4, 0.5) is 5.69 Å². The molecule has 1 aliphatic heterocycles. The van der Waals surface area contributed by atoms with Crippen LogP contribution in [0.5, 0.6) is 5.75 Å². The Bertz CT molecular complexity index is 444. The van der Waals surface area contributed by atoms with Gasteiger partial charge >= 0.3 is 0 Å². The molecule has 104 valence electrons. The minimum atomic E-state index is 0.275. The summed E-state index contributed by atoms with van der Waals surface area (Å²) >= 11 is 0. The number of anilines is 1. The van der Waals surface area contributed by atoms with Crippen LogP contribution in [0.1, 0.15) is 26.7 Å². The van der Waals surface area contributed by atoms with Crippen LogP contribution in [0.2, 0.25) is 0 Å². The first kappa shape index (κ1) is 12.8. The maximum atomic E-state index is 5.77. The lowest BCUT2D eigenvalue weighted by molar-refractivity contribution is 0.282. The molecule has 0 spiro atoms. The van der Waals surface area contributed by atoms with Crippen LogP contribution in [0.15, 0.2) is 24.3 Å². The van der Waals surface area contributed by atoms with Gasteiger partial charge in [0.25, 0.3) is 0 Å². The van der Waals surface area contributed by atoms with Crippen molar-refractivity contribution in [3.8, 4) is 5.75 Å². The van der Waals surface area contributed by atoms with Gasteiger partial charge in [-0.3, -0.25) is 0 Å². The Hall–Kier alpha value is -1.22. The van der Waals surface area contributed by atoms with Gasteiger partial charge in [-0.25, -0.2) is 0 Å². The number of ether oxygens (including phenoxy) is 1. The molecule has 1 atom stereocenters. The van der Waals surface area contributed by atoms with Crippen molar-refractivity contribution in [1.29, 1.82) is 0 Å². The predicted molar refractivity (Wildman–Crippen MR) is 79.0 cm³/mol. The fourth-order valence-corrected chi connectivity index (χ4v) is 3.20. The van der Waals surface area contributed by atoms with Gasteiger partial charge in [0.1, 0.15) is 5.75 Å². The zero-order chi connectivity index (χ0) is 13.3. The van der Waals surface area contributed by atoms with E-state index in [9.17, 15) is 0 Å². The monoisotopic (exact) mass is 260 g/mol. The number of benzene rings is 1. The molecule has 3 nitrogen and oxygen atoms in total. The highest BCUT2D eigenvalue weighted by atomic mass is 16.5. The van der Waals surface area contributed by atoms with Gasteiger partial charge in [0.2, 0.25) is 0 Å². The lowest BCUT2D eigenvalue weighted by Crippen LogP contribution is -2.60. The fourth-order valence-electron chi connectivity index (χ4n) is 3.20. The average Bonchev–Trinajstić information content (AvgIpc) is 3.24. The summed E-state index contributed by atoms with van der Waals surface area (Å²) in [6, 6.07) is 8.42. The summed E-state index contributed by atoms with van der Waals surface area (Å²) in [6.07, 6.45) is 2.76. The van der Waals surface area contributed by atoms with Crippen molar-refractivity contribution in [3.63, 3.8) is 0 Å². The molecule has 19 heavy (non-hydrogen) atoms. The Kier molecular flexibility index (Phi) is 3.40. The quantitative estimate of drug-likeness (QED) is 0.901. The molecule has 0 aromatic heterocycles. The minimum Gasteiger partial charge on any atom is -0.492 e. The second kappa shape index (κ2) is 5.04. The van der Waals surface area contributed by atoms with Crippen molar-refractivity contribution in [3.05, 3.63) is 24.3 Å². The molecule has 2 fully saturated rings. The third-order valence-electron chi connectivity index (χ3n) is 4.41. The Morgan fingerprint density at radius 2 is 2.16 bits per heavy atom. The Morgan fingerprint density at radius 1 is 1.37 bits per heavy atom. The van der Waals surface area contributed by atoms with E-state index in [-0.39, 0.29) is 5.54 Å². The average molecular weight is 260 g/mol. The smallest absolute Gasteiger partial charge is 0.142 e. The number of para-hydroxylation sites is 2. The minimum absolute atomic E-state index is 0.275. The van der Waals surface area contributed by atoms with Gasteiger partial charge < -0.3 is 15.0 Å². The van der Waals surface area contributed by atoms with E-state index < -0.39 is 0 Å². The van der Waals surface area contributed by atoms with Gasteiger partial charge in [0.05, 0.1) is 12.3 Å². The first-order chi connectivity index (χ1) is 9.23. The van der Waals surface area contributed by atoms with Gasteiger partial charge in [-0.15, -0.1) is 0 Å². The van der Waals surface area contributed by atoms with Crippen molar-refractivity contribution < 1.29 is 4.74 Å². The normalized spacial score (nSPS) is 27.4. The maximum absolute atomic E-state index is 5.77. The standard InChI is InChI=1S/C16H24N2O/c1-3-19-15-7-5-4-6-14(15)18-11-10-17-16(2,12-18)13-8-9-13/h4-7,13,17H,3,8-12H2,1-2H3. The number of hydrogen-bond donors (Lipinski definition) is 1. The zero-order valence-corrected chi connectivity index (χ0v) is 12.0. The van der Waals surface area contributed by atoms with E-state index >= 15 is 0 Å². The third-order valence-corrected chi connectivity index (χ3v) is 4.41. The number of nitrogens with zero attached hydrogens (tertiary/aromatic N) is 1. The van der Waals surface area contributed by atoms with Crippen LogP contribution in [-0.2, 0) is 0 Å². The van der Waals surface area contributed by atoms with Crippen molar-refractivity contribution in [2.24, 2.45) is 5.92 Å². The first-order valence-corrected chi connectivity index (χ1v) is 7.45. The fraction of sp³-hybridized carbons (Fsp3) is 0.625. The van der Waals surface area contributed by atoms with E-state index in [1.807, 2.05) is 6.92 Å². The molecule has 1 aliphatic carbocycles. The second-order valence-electron chi connectivity index (χ2n) is 5.94.